The van der Waals surface area contributed by atoms with Crippen LogP contribution in [0.2, 0.25) is 0 Å². The van der Waals surface area contributed by atoms with E-state index in [2.05, 4.69) is 42.3 Å². The van der Waals surface area contributed by atoms with Gasteiger partial charge in [0.05, 0.1) is 17.6 Å². The Hall–Kier alpha value is -1.38. The predicted molar refractivity (Wildman–Crippen MR) is 106 cm³/mol. The maximum atomic E-state index is 13.0. The SMILES string of the molecule is CC(C)CCSc1nnc2n(C)c(=O)c3c4c(sc3n12)COC(C)(C)C4. The van der Waals surface area contributed by atoms with E-state index in [-0.39, 0.29) is 11.2 Å². The summed E-state index contributed by atoms with van der Waals surface area (Å²) >= 11 is 3.35. The van der Waals surface area contributed by atoms with Crippen LogP contribution in [0.5, 0.6) is 0 Å². The fourth-order valence-corrected chi connectivity index (χ4v) is 5.76. The molecule has 0 bridgehead atoms. The second kappa shape index (κ2) is 6.35. The van der Waals surface area contributed by atoms with E-state index in [4.69, 9.17) is 4.74 Å². The molecule has 0 fully saturated rings. The standard InChI is InChI=1S/C18H24N4O2S2/c1-10(2)6-7-25-17-20-19-16-21(5)14(23)13-11-8-18(3,4)24-9-12(11)26-15(13)22(16)17/h10H,6-9H2,1-5H3. The third-order valence-corrected chi connectivity index (χ3v) is 6.99. The predicted octanol–water partition coefficient (Wildman–Crippen LogP) is 3.63. The highest BCUT2D eigenvalue weighted by Crippen LogP contribution is 2.38. The Morgan fingerprint density at radius 2 is 2.12 bits per heavy atom. The second-order valence-electron chi connectivity index (χ2n) is 7.92. The van der Waals surface area contributed by atoms with E-state index in [1.165, 1.54) is 0 Å². The first kappa shape index (κ1) is 18.0. The molecule has 3 aromatic heterocycles. The van der Waals surface area contributed by atoms with Gasteiger partial charge in [-0.25, -0.2) is 4.40 Å². The number of thiophene rings is 1. The smallest absolute Gasteiger partial charge is 0.263 e. The van der Waals surface area contributed by atoms with Crippen LogP contribution < -0.4 is 5.56 Å². The molecule has 0 radical (unpaired) electrons. The molecule has 0 saturated carbocycles. The molecule has 6 nitrogen and oxygen atoms in total. The molecular formula is C18H24N4O2S2. The molecule has 0 aliphatic carbocycles. The fourth-order valence-electron chi connectivity index (χ4n) is 3.31. The average molecular weight is 393 g/mol. The van der Waals surface area contributed by atoms with E-state index in [0.717, 1.165) is 44.4 Å². The molecule has 0 spiro atoms. The Morgan fingerprint density at radius 1 is 1.35 bits per heavy atom. The molecule has 0 atom stereocenters. The normalized spacial score (nSPS) is 16.7. The van der Waals surface area contributed by atoms with Crippen molar-refractivity contribution in [1.82, 2.24) is 19.2 Å². The van der Waals surface area contributed by atoms with Crippen molar-refractivity contribution in [2.75, 3.05) is 5.75 Å². The van der Waals surface area contributed by atoms with E-state index in [0.29, 0.717) is 18.3 Å². The van der Waals surface area contributed by atoms with Crippen LogP contribution in [0.15, 0.2) is 9.95 Å². The summed E-state index contributed by atoms with van der Waals surface area (Å²) < 4.78 is 9.64. The zero-order valence-electron chi connectivity index (χ0n) is 15.8. The number of aromatic nitrogens is 4. The molecule has 0 saturated heterocycles. The number of rotatable bonds is 4. The lowest BCUT2D eigenvalue weighted by Crippen LogP contribution is -2.32. The van der Waals surface area contributed by atoms with Crippen LogP contribution in [0.3, 0.4) is 0 Å². The first-order valence-corrected chi connectivity index (χ1v) is 10.7. The highest BCUT2D eigenvalue weighted by molar-refractivity contribution is 7.99. The largest absolute Gasteiger partial charge is 0.370 e. The topological polar surface area (TPSA) is 61.4 Å². The average Bonchev–Trinajstić information content (AvgIpc) is 3.12. The van der Waals surface area contributed by atoms with Crippen LogP contribution in [0.4, 0.5) is 0 Å². The molecule has 8 heteroatoms. The minimum atomic E-state index is -0.247. The van der Waals surface area contributed by atoms with Crippen LogP contribution in [0.25, 0.3) is 16.0 Å². The van der Waals surface area contributed by atoms with E-state index in [1.807, 2.05) is 0 Å². The zero-order valence-corrected chi connectivity index (χ0v) is 17.5. The van der Waals surface area contributed by atoms with Crippen molar-refractivity contribution in [3.63, 3.8) is 0 Å². The summed E-state index contributed by atoms with van der Waals surface area (Å²) in [7, 11) is 1.78. The van der Waals surface area contributed by atoms with Gasteiger partial charge in [-0.1, -0.05) is 25.6 Å². The quantitative estimate of drug-likeness (QED) is 0.635. The molecule has 0 unspecified atom stereocenters. The third kappa shape index (κ3) is 2.88. The maximum Gasteiger partial charge on any atom is 0.263 e. The number of fused-ring (bicyclic) bond motifs is 5. The Morgan fingerprint density at radius 3 is 2.85 bits per heavy atom. The van der Waals surface area contributed by atoms with Crippen LogP contribution in [-0.4, -0.2) is 30.5 Å². The summed E-state index contributed by atoms with van der Waals surface area (Å²) in [5.41, 5.74) is 0.896. The van der Waals surface area contributed by atoms with E-state index >= 15 is 0 Å². The molecule has 1 aliphatic rings. The summed E-state index contributed by atoms with van der Waals surface area (Å²) in [5, 5.41) is 10.3. The van der Waals surface area contributed by atoms with E-state index in [9.17, 15) is 4.79 Å². The van der Waals surface area contributed by atoms with Crippen LogP contribution in [0, 0.1) is 5.92 Å². The molecule has 0 amide bonds. The van der Waals surface area contributed by atoms with Crippen molar-refractivity contribution < 1.29 is 4.74 Å². The summed E-state index contributed by atoms with van der Waals surface area (Å²) in [6.45, 7) is 9.16. The van der Waals surface area contributed by atoms with Crippen LogP contribution in [0.1, 0.15) is 44.6 Å². The van der Waals surface area contributed by atoms with Gasteiger partial charge in [-0.3, -0.25) is 9.36 Å². The number of hydrogen-bond acceptors (Lipinski definition) is 6. The van der Waals surface area contributed by atoms with Crippen molar-refractivity contribution in [2.45, 2.75) is 57.9 Å². The Bertz CT molecular complexity index is 1050. The number of hydrogen-bond donors (Lipinski definition) is 0. The van der Waals surface area contributed by atoms with Gasteiger partial charge in [-0.15, -0.1) is 21.5 Å². The van der Waals surface area contributed by atoms with Crippen LogP contribution in [-0.2, 0) is 24.8 Å². The lowest BCUT2D eigenvalue weighted by molar-refractivity contribution is -0.0379. The monoisotopic (exact) mass is 392 g/mol. The third-order valence-electron chi connectivity index (χ3n) is 4.83. The Labute approximate surface area is 160 Å². The summed E-state index contributed by atoms with van der Waals surface area (Å²) in [5.74, 6) is 2.25. The lowest BCUT2D eigenvalue weighted by Gasteiger charge is -2.29. The zero-order chi connectivity index (χ0) is 18.6. The second-order valence-corrected chi connectivity index (χ2v) is 10.1. The first-order valence-electron chi connectivity index (χ1n) is 8.93. The highest BCUT2D eigenvalue weighted by atomic mass is 32.2. The highest BCUT2D eigenvalue weighted by Gasteiger charge is 2.31. The number of thioether (sulfide) groups is 1. The molecular weight excluding hydrogens is 368 g/mol. The molecule has 3 aromatic rings. The molecule has 0 aromatic carbocycles. The Kier molecular flexibility index (Phi) is 4.40. The minimum absolute atomic E-state index is 0.00818. The summed E-state index contributed by atoms with van der Waals surface area (Å²) in [6.07, 6.45) is 1.87. The van der Waals surface area contributed by atoms with E-state index < -0.39 is 0 Å². The van der Waals surface area contributed by atoms with Crippen molar-refractivity contribution in [1.29, 1.82) is 0 Å². The van der Waals surface area contributed by atoms with Gasteiger partial charge in [-0.05, 0) is 31.7 Å². The number of ether oxygens (including phenoxy) is 1. The van der Waals surface area contributed by atoms with Gasteiger partial charge < -0.3 is 4.74 Å². The van der Waals surface area contributed by atoms with Gasteiger partial charge in [0.15, 0.2) is 5.16 Å². The Balaban J connectivity index is 1.92. The van der Waals surface area contributed by atoms with Gasteiger partial charge >= 0.3 is 0 Å². The molecule has 26 heavy (non-hydrogen) atoms. The van der Waals surface area contributed by atoms with Crippen molar-refractivity contribution in [3.05, 3.63) is 20.8 Å². The maximum absolute atomic E-state index is 13.0. The van der Waals surface area contributed by atoms with Crippen molar-refractivity contribution >= 4 is 39.1 Å². The van der Waals surface area contributed by atoms with Gasteiger partial charge in [0.2, 0.25) is 5.78 Å². The van der Waals surface area contributed by atoms with Crippen molar-refractivity contribution in [2.24, 2.45) is 13.0 Å². The molecule has 1 aliphatic heterocycles. The summed E-state index contributed by atoms with van der Waals surface area (Å²) in [4.78, 5) is 15.1. The fraction of sp³-hybridized carbons (Fsp3) is 0.611. The number of aryl methyl sites for hydroxylation is 1. The molecule has 140 valence electrons. The van der Waals surface area contributed by atoms with Crippen LogP contribution >= 0.6 is 23.1 Å². The molecule has 4 heterocycles. The van der Waals surface area contributed by atoms with Crippen molar-refractivity contribution in [3.8, 4) is 0 Å². The minimum Gasteiger partial charge on any atom is -0.370 e. The van der Waals surface area contributed by atoms with Gasteiger partial charge in [0, 0.05) is 24.1 Å². The van der Waals surface area contributed by atoms with Gasteiger partial charge in [-0.2, -0.15) is 0 Å². The number of nitrogens with zero attached hydrogens (tertiary/aromatic N) is 4. The van der Waals surface area contributed by atoms with Gasteiger partial charge in [0.1, 0.15) is 4.83 Å². The van der Waals surface area contributed by atoms with Gasteiger partial charge in [0.25, 0.3) is 5.56 Å². The molecule has 4 rings (SSSR count). The lowest BCUT2D eigenvalue weighted by atomic mass is 9.94. The summed E-state index contributed by atoms with van der Waals surface area (Å²) in [6, 6.07) is 0. The van der Waals surface area contributed by atoms with E-state index in [1.54, 1.807) is 34.7 Å². The molecule has 0 N–H and O–H groups in total. The first-order chi connectivity index (χ1) is 12.3.